The Balaban J connectivity index is 2.74. The molecule has 0 aromatic carbocycles. The lowest BCUT2D eigenvalue weighted by Crippen LogP contribution is -2.26. The number of hydrogen-bond acceptors (Lipinski definition) is 2. The number of hydrogen-bond donors (Lipinski definition) is 0. The maximum Gasteiger partial charge on any atom is 0.197 e. The van der Waals surface area contributed by atoms with Gasteiger partial charge in [0, 0.05) is 41.9 Å². The minimum Gasteiger partial charge on any atom is -0.287 e. The van der Waals surface area contributed by atoms with Crippen LogP contribution in [-0.4, -0.2) is 20.0 Å². The Hall–Kier alpha value is 1.09. The summed E-state index contributed by atoms with van der Waals surface area (Å²) in [4.78, 5) is 11.2. The van der Waals surface area contributed by atoms with Gasteiger partial charge in [-0.25, -0.2) is 3.11 Å². The summed E-state index contributed by atoms with van der Waals surface area (Å²) in [6.07, 6.45) is 0. The summed E-state index contributed by atoms with van der Waals surface area (Å²) in [5, 5.41) is 0. The highest BCUT2D eigenvalue weighted by molar-refractivity contribution is 14.1. The fourth-order valence-corrected chi connectivity index (χ4v) is 3.75. The molecule has 0 unspecified atom stereocenters. The molecule has 0 saturated carbocycles. The fraction of sp³-hybridized carbons (Fsp3) is 0.857. The van der Waals surface area contributed by atoms with E-state index in [0.717, 1.165) is 13.1 Å². The largest absolute Gasteiger partial charge is 0.287 e. The maximum absolute atomic E-state index is 11.2. The van der Waals surface area contributed by atoms with E-state index in [1.807, 2.05) is 22.6 Å². The molecule has 2 nitrogen and oxygen atoms in total. The van der Waals surface area contributed by atoms with Crippen molar-refractivity contribution in [2.75, 3.05) is 13.1 Å². The van der Waals surface area contributed by atoms with E-state index in [1.165, 1.54) is 0 Å². The second-order valence-corrected chi connectivity index (χ2v) is 6.08. The van der Waals surface area contributed by atoms with E-state index in [4.69, 9.17) is 0 Å². The SMILES string of the molecule is CC1(C)CN(I)C[C@@H]1C(=O)I. The van der Waals surface area contributed by atoms with Crippen molar-refractivity contribution < 1.29 is 4.79 Å². The van der Waals surface area contributed by atoms with Crippen LogP contribution in [0.5, 0.6) is 0 Å². The van der Waals surface area contributed by atoms with Crippen LogP contribution in [0.3, 0.4) is 0 Å². The van der Waals surface area contributed by atoms with Crippen molar-refractivity contribution in [3.05, 3.63) is 0 Å². The lowest BCUT2D eigenvalue weighted by Gasteiger charge is -2.21. The first-order valence-corrected chi connectivity index (χ1v) is 5.58. The maximum atomic E-state index is 11.2. The van der Waals surface area contributed by atoms with E-state index in [9.17, 15) is 4.79 Å². The quantitative estimate of drug-likeness (QED) is 0.396. The normalized spacial score (nSPS) is 30.7. The van der Waals surface area contributed by atoms with Gasteiger partial charge in [0.15, 0.2) is 3.79 Å². The Kier molecular flexibility index (Phi) is 3.19. The van der Waals surface area contributed by atoms with Crippen LogP contribution in [-0.2, 0) is 4.79 Å². The van der Waals surface area contributed by atoms with Crippen LogP contribution in [0.1, 0.15) is 13.8 Å². The number of rotatable bonds is 1. The van der Waals surface area contributed by atoms with Crippen LogP contribution in [0.15, 0.2) is 0 Å². The zero-order chi connectivity index (χ0) is 8.65. The number of carbonyl (C=O) groups is 1. The van der Waals surface area contributed by atoms with Crippen molar-refractivity contribution in [1.82, 2.24) is 3.11 Å². The first kappa shape index (κ1) is 10.2. The predicted molar refractivity (Wildman–Crippen MR) is 61.9 cm³/mol. The average molecular weight is 379 g/mol. The van der Waals surface area contributed by atoms with Gasteiger partial charge in [0.2, 0.25) is 0 Å². The van der Waals surface area contributed by atoms with Gasteiger partial charge in [-0.2, -0.15) is 0 Å². The Morgan fingerprint density at radius 2 is 2.18 bits per heavy atom. The van der Waals surface area contributed by atoms with Crippen LogP contribution in [0, 0.1) is 11.3 Å². The van der Waals surface area contributed by atoms with Crippen molar-refractivity contribution >= 4 is 49.2 Å². The predicted octanol–water partition coefficient (Wildman–Crippen LogP) is 2.26. The number of halogens is 2. The molecule has 0 aliphatic carbocycles. The van der Waals surface area contributed by atoms with Crippen LogP contribution in [0.4, 0.5) is 0 Å². The van der Waals surface area contributed by atoms with E-state index in [-0.39, 0.29) is 11.3 Å². The first-order chi connectivity index (χ1) is 4.93. The molecule has 1 heterocycles. The summed E-state index contributed by atoms with van der Waals surface area (Å²) in [7, 11) is 0. The monoisotopic (exact) mass is 379 g/mol. The zero-order valence-electron chi connectivity index (χ0n) is 6.60. The Bertz CT molecular complexity index is 181. The number of carbonyl (C=O) groups excluding carboxylic acids is 1. The molecule has 1 aliphatic rings. The Morgan fingerprint density at radius 3 is 2.36 bits per heavy atom. The van der Waals surface area contributed by atoms with Crippen molar-refractivity contribution in [3.8, 4) is 0 Å². The summed E-state index contributed by atoms with van der Waals surface area (Å²) >= 11 is 4.19. The van der Waals surface area contributed by atoms with Crippen LogP contribution >= 0.6 is 45.5 Å². The molecule has 64 valence electrons. The first-order valence-electron chi connectivity index (χ1n) is 3.53. The molecule has 0 aromatic rings. The highest BCUT2D eigenvalue weighted by atomic mass is 127. The molecule has 0 aromatic heterocycles. The second-order valence-electron chi connectivity index (χ2n) is 3.65. The summed E-state index contributed by atoms with van der Waals surface area (Å²) in [5.41, 5.74) is 0.166. The molecule has 1 fully saturated rings. The molecule has 4 heteroatoms. The van der Waals surface area contributed by atoms with E-state index in [1.54, 1.807) is 0 Å². The molecule has 0 spiro atoms. The molecule has 1 aliphatic heterocycles. The van der Waals surface area contributed by atoms with Gasteiger partial charge in [-0.15, -0.1) is 0 Å². The van der Waals surface area contributed by atoms with Gasteiger partial charge in [-0.05, 0) is 28.0 Å². The van der Waals surface area contributed by atoms with E-state index in [0.29, 0.717) is 3.79 Å². The highest BCUT2D eigenvalue weighted by Crippen LogP contribution is 2.38. The summed E-state index contributed by atoms with van der Waals surface area (Å²) < 4.78 is 2.49. The topological polar surface area (TPSA) is 20.3 Å². The molecule has 0 N–H and O–H groups in total. The highest BCUT2D eigenvalue weighted by Gasteiger charge is 2.41. The lowest BCUT2D eigenvalue weighted by atomic mass is 9.83. The second kappa shape index (κ2) is 3.45. The van der Waals surface area contributed by atoms with Crippen molar-refractivity contribution in [1.29, 1.82) is 0 Å². The fourth-order valence-electron chi connectivity index (χ4n) is 1.44. The van der Waals surface area contributed by atoms with Gasteiger partial charge < -0.3 is 0 Å². The van der Waals surface area contributed by atoms with Crippen LogP contribution in [0.2, 0.25) is 0 Å². The molecule has 0 radical (unpaired) electrons. The summed E-state index contributed by atoms with van der Waals surface area (Å²) in [5.74, 6) is 0.222. The third kappa shape index (κ3) is 2.27. The van der Waals surface area contributed by atoms with E-state index >= 15 is 0 Å². The Labute approximate surface area is 94.7 Å². The van der Waals surface area contributed by atoms with Crippen LogP contribution < -0.4 is 0 Å². The average Bonchev–Trinajstić information content (AvgIpc) is 2.04. The van der Waals surface area contributed by atoms with Gasteiger partial charge in [0.25, 0.3) is 0 Å². The third-order valence-electron chi connectivity index (χ3n) is 2.18. The smallest absolute Gasteiger partial charge is 0.197 e. The molecule has 0 amide bonds. The van der Waals surface area contributed by atoms with Gasteiger partial charge in [0.05, 0.1) is 0 Å². The summed E-state index contributed by atoms with van der Waals surface area (Å²) in [6, 6.07) is 0. The third-order valence-corrected chi connectivity index (χ3v) is 3.66. The number of nitrogens with zero attached hydrogens (tertiary/aromatic N) is 1. The summed E-state index contributed by atoms with van der Waals surface area (Å²) in [6.45, 7) is 6.25. The molecular formula is C7H11I2NO. The molecule has 1 atom stereocenters. The lowest BCUT2D eigenvalue weighted by molar-refractivity contribution is -0.114. The zero-order valence-corrected chi connectivity index (χ0v) is 10.9. The van der Waals surface area contributed by atoms with Crippen molar-refractivity contribution in [2.45, 2.75) is 13.8 Å². The van der Waals surface area contributed by atoms with Gasteiger partial charge in [0.1, 0.15) is 0 Å². The van der Waals surface area contributed by atoms with E-state index < -0.39 is 0 Å². The molecular weight excluding hydrogens is 368 g/mol. The van der Waals surface area contributed by atoms with Crippen molar-refractivity contribution in [3.63, 3.8) is 0 Å². The van der Waals surface area contributed by atoms with Gasteiger partial charge in [-0.3, -0.25) is 4.79 Å². The van der Waals surface area contributed by atoms with Crippen LogP contribution in [0.25, 0.3) is 0 Å². The van der Waals surface area contributed by atoms with Crippen molar-refractivity contribution in [2.24, 2.45) is 11.3 Å². The molecule has 11 heavy (non-hydrogen) atoms. The minimum absolute atomic E-state index is 0.166. The molecule has 0 bridgehead atoms. The molecule has 1 rings (SSSR count). The molecule has 1 saturated heterocycles. The van der Waals surface area contributed by atoms with Gasteiger partial charge >= 0.3 is 0 Å². The standard InChI is InChI=1S/C7H11I2NO/c1-7(2)4-10(9)3-5(7)6(8)11/h5H,3-4H2,1-2H3/t5-/m1/s1. The Morgan fingerprint density at radius 1 is 1.64 bits per heavy atom. The minimum atomic E-state index is 0.166. The van der Waals surface area contributed by atoms with E-state index in [2.05, 4.69) is 39.8 Å². The van der Waals surface area contributed by atoms with Gasteiger partial charge in [-0.1, -0.05) is 13.8 Å².